The minimum absolute atomic E-state index is 0.160. The molecule has 242 valence electrons. The molecular formula is C35H56O6P2. The van der Waals surface area contributed by atoms with E-state index in [0.29, 0.717) is 0 Å². The minimum atomic E-state index is -2.96. The van der Waals surface area contributed by atoms with Gasteiger partial charge in [-0.25, -0.2) is 0 Å². The zero-order valence-electron chi connectivity index (χ0n) is 28.9. The highest BCUT2D eigenvalue weighted by Gasteiger charge is 2.56. The average molecular weight is 635 g/mol. The molecule has 6 nitrogen and oxygen atoms in total. The molecule has 0 atom stereocenters. The molecule has 2 aromatic carbocycles. The second-order valence-electron chi connectivity index (χ2n) is 16.3. The fourth-order valence-corrected chi connectivity index (χ4v) is 6.79. The Bertz CT molecular complexity index is 1200. The van der Waals surface area contributed by atoms with Gasteiger partial charge in [-0.05, 0) is 93.9 Å². The fourth-order valence-electron chi connectivity index (χ4n) is 5.81. The van der Waals surface area contributed by atoms with Crippen molar-refractivity contribution in [2.45, 2.75) is 124 Å². The number of hydrogen-bond acceptors (Lipinski definition) is 6. The zero-order valence-corrected chi connectivity index (χ0v) is 30.7. The van der Waals surface area contributed by atoms with E-state index in [1.165, 1.54) is 0 Å². The van der Waals surface area contributed by atoms with Crippen LogP contribution in [0.3, 0.4) is 0 Å². The summed E-state index contributed by atoms with van der Waals surface area (Å²) in [6.07, 6.45) is 0. The van der Waals surface area contributed by atoms with Gasteiger partial charge in [-0.1, -0.05) is 107 Å². The SMILES string of the molecule is [CH2]C([CH2])(COP(O)O)C(OP(O)O)(c1c(C)cc(C(C)(C)C)cc1C(C)(C)C)c1c(C)cc(C(C)(C)C)cc1C(C)(C)C. The molecule has 0 fully saturated rings. The summed E-state index contributed by atoms with van der Waals surface area (Å²) >= 11 is 0. The number of rotatable bonds is 8. The highest BCUT2D eigenvalue weighted by molar-refractivity contribution is 7.39. The van der Waals surface area contributed by atoms with Crippen molar-refractivity contribution in [1.29, 1.82) is 0 Å². The second-order valence-corrected chi connectivity index (χ2v) is 17.7. The highest BCUT2D eigenvalue weighted by Crippen LogP contribution is 2.60. The van der Waals surface area contributed by atoms with Crippen LogP contribution in [0.2, 0.25) is 0 Å². The maximum absolute atomic E-state index is 10.8. The van der Waals surface area contributed by atoms with E-state index < -0.39 is 39.1 Å². The largest absolute Gasteiger partial charge is 0.328 e. The summed E-state index contributed by atoms with van der Waals surface area (Å²) < 4.78 is 11.9. The first-order valence-electron chi connectivity index (χ1n) is 14.8. The Balaban J connectivity index is 3.45. The number of hydrogen-bond donors (Lipinski definition) is 4. The van der Waals surface area contributed by atoms with Crippen LogP contribution in [0.4, 0.5) is 0 Å². The van der Waals surface area contributed by atoms with Crippen LogP contribution in [0.25, 0.3) is 0 Å². The average Bonchev–Trinajstić information content (AvgIpc) is 2.78. The van der Waals surface area contributed by atoms with Gasteiger partial charge in [-0.2, -0.15) is 0 Å². The maximum atomic E-state index is 10.8. The first-order chi connectivity index (χ1) is 19.1. The molecule has 0 amide bonds. The molecule has 2 rings (SSSR count). The maximum Gasteiger partial charge on any atom is 0.328 e. The summed E-state index contributed by atoms with van der Waals surface area (Å²) in [5.74, 6) is 0. The van der Waals surface area contributed by atoms with Crippen LogP contribution in [-0.2, 0) is 36.3 Å². The molecule has 4 N–H and O–H groups in total. The molecular weight excluding hydrogens is 578 g/mol. The fraction of sp³-hybridized carbons (Fsp3) is 0.600. The molecule has 0 aliphatic heterocycles. The molecule has 2 radical (unpaired) electrons. The van der Waals surface area contributed by atoms with E-state index in [1.54, 1.807) is 0 Å². The van der Waals surface area contributed by atoms with Crippen LogP contribution in [0.15, 0.2) is 24.3 Å². The summed E-state index contributed by atoms with van der Waals surface area (Å²) in [4.78, 5) is 41.3. The highest BCUT2D eigenvalue weighted by atomic mass is 31.2. The molecule has 0 saturated heterocycles. The Hall–Kier alpha value is -0.940. The van der Waals surface area contributed by atoms with Crippen molar-refractivity contribution < 1.29 is 28.6 Å². The minimum Gasteiger partial charge on any atom is -0.328 e. The summed E-state index contributed by atoms with van der Waals surface area (Å²) in [6.45, 7) is 38.4. The summed E-state index contributed by atoms with van der Waals surface area (Å²) in [5, 5.41) is 0. The smallest absolute Gasteiger partial charge is 0.328 e. The van der Waals surface area contributed by atoms with Gasteiger partial charge in [0.15, 0.2) is 0 Å². The van der Waals surface area contributed by atoms with Gasteiger partial charge in [0.2, 0.25) is 0 Å². The normalized spacial score (nSPS) is 14.3. The van der Waals surface area contributed by atoms with Gasteiger partial charge in [0.25, 0.3) is 0 Å². The molecule has 0 spiro atoms. The van der Waals surface area contributed by atoms with E-state index >= 15 is 0 Å². The van der Waals surface area contributed by atoms with Crippen LogP contribution >= 0.6 is 17.2 Å². The molecule has 43 heavy (non-hydrogen) atoms. The van der Waals surface area contributed by atoms with E-state index in [-0.39, 0.29) is 17.4 Å². The van der Waals surface area contributed by atoms with Gasteiger partial charge in [0.05, 0.1) is 6.61 Å². The zero-order chi connectivity index (χ0) is 33.7. The lowest BCUT2D eigenvalue weighted by Crippen LogP contribution is -2.51. The number of aryl methyl sites for hydroxylation is 2. The van der Waals surface area contributed by atoms with Crippen molar-refractivity contribution >= 4 is 17.2 Å². The lowest BCUT2D eigenvalue weighted by Gasteiger charge is -2.51. The Morgan fingerprint density at radius 1 is 0.581 bits per heavy atom. The third-order valence-corrected chi connectivity index (χ3v) is 8.94. The Morgan fingerprint density at radius 2 is 0.930 bits per heavy atom. The monoisotopic (exact) mass is 634 g/mol. The van der Waals surface area contributed by atoms with E-state index in [4.69, 9.17) is 9.05 Å². The van der Waals surface area contributed by atoms with E-state index in [0.717, 1.165) is 44.5 Å². The molecule has 0 heterocycles. The third-order valence-electron chi connectivity index (χ3n) is 8.14. The quantitative estimate of drug-likeness (QED) is 0.217. The topological polar surface area (TPSA) is 99.4 Å². The predicted molar refractivity (Wildman–Crippen MR) is 181 cm³/mol. The van der Waals surface area contributed by atoms with E-state index in [1.807, 2.05) is 13.8 Å². The summed E-state index contributed by atoms with van der Waals surface area (Å²) in [5.41, 5.74) is 2.98. The van der Waals surface area contributed by atoms with E-state index in [2.05, 4.69) is 121 Å². The van der Waals surface area contributed by atoms with Gasteiger partial charge in [-0.15, -0.1) is 0 Å². The third kappa shape index (κ3) is 8.27. The lowest BCUT2D eigenvalue weighted by molar-refractivity contribution is -0.0189. The Morgan fingerprint density at radius 3 is 1.19 bits per heavy atom. The molecule has 2 aromatic rings. The Labute approximate surface area is 264 Å². The van der Waals surface area contributed by atoms with Crippen LogP contribution in [0.1, 0.15) is 128 Å². The van der Waals surface area contributed by atoms with Crippen molar-refractivity contribution in [3.63, 3.8) is 0 Å². The first-order valence-corrected chi connectivity index (χ1v) is 17.1. The van der Waals surface area contributed by atoms with Gasteiger partial charge >= 0.3 is 17.2 Å². The van der Waals surface area contributed by atoms with Gasteiger partial charge < -0.3 is 24.1 Å². The van der Waals surface area contributed by atoms with Crippen molar-refractivity contribution in [3.8, 4) is 0 Å². The Kier molecular flexibility index (Phi) is 11.3. The molecule has 0 aliphatic rings. The molecule has 0 bridgehead atoms. The van der Waals surface area contributed by atoms with Crippen molar-refractivity contribution in [1.82, 2.24) is 0 Å². The van der Waals surface area contributed by atoms with Crippen LogP contribution < -0.4 is 0 Å². The van der Waals surface area contributed by atoms with E-state index in [9.17, 15) is 19.6 Å². The molecule has 0 aliphatic carbocycles. The second kappa shape index (κ2) is 12.7. The van der Waals surface area contributed by atoms with Gasteiger partial charge in [-0.3, -0.25) is 4.52 Å². The first kappa shape index (κ1) is 38.2. The van der Waals surface area contributed by atoms with Crippen molar-refractivity contribution in [3.05, 3.63) is 82.6 Å². The summed E-state index contributed by atoms with van der Waals surface area (Å²) in [6, 6.07) is 8.60. The molecule has 0 aromatic heterocycles. The molecule has 8 heteroatoms. The molecule has 0 unspecified atom stereocenters. The van der Waals surface area contributed by atoms with Crippen molar-refractivity contribution in [2.75, 3.05) is 6.61 Å². The van der Waals surface area contributed by atoms with Crippen LogP contribution in [0.5, 0.6) is 0 Å². The number of benzene rings is 2. The molecule has 0 saturated carbocycles. The lowest BCUT2D eigenvalue weighted by atomic mass is 9.59. The summed E-state index contributed by atoms with van der Waals surface area (Å²) in [7, 11) is -5.71. The van der Waals surface area contributed by atoms with Gasteiger partial charge in [0, 0.05) is 5.41 Å². The van der Waals surface area contributed by atoms with Crippen LogP contribution in [0, 0.1) is 33.1 Å². The predicted octanol–water partition coefficient (Wildman–Crippen LogP) is 8.85. The standard InChI is InChI=1S/C35H56O6P2/c1-22-17-24(30(3,4)5)19-26(32(9,10)11)28(22)35(41-43(38)39,34(15,16)21-40-42(36)37)29-23(2)18-25(31(6,7)8)20-27(29)33(12,13)14/h17-20,36-39H,15-16,21H2,1-14H3. The van der Waals surface area contributed by atoms with Crippen LogP contribution in [-0.4, -0.2) is 26.2 Å². The van der Waals surface area contributed by atoms with Crippen molar-refractivity contribution in [2.24, 2.45) is 5.41 Å². The van der Waals surface area contributed by atoms with Gasteiger partial charge in [0.1, 0.15) is 5.60 Å².